The van der Waals surface area contributed by atoms with Crippen LogP contribution in [0.25, 0.3) is 0 Å². The highest BCUT2D eigenvalue weighted by molar-refractivity contribution is 7.05. The lowest BCUT2D eigenvalue weighted by atomic mass is 10.1. The van der Waals surface area contributed by atoms with Gasteiger partial charge in [-0.05, 0) is 29.1 Å². The summed E-state index contributed by atoms with van der Waals surface area (Å²) < 4.78 is 3.92. The summed E-state index contributed by atoms with van der Waals surface area (Å²) in [6.45, 7) is 4.56. The number of carbonyl (C=O) groups excluding carboxylic acids is 1. The van der Waals surface area contributed by atoms with Gasteiger partial charge in [-0.3, -0.25) is 9.89 Å². The van der Waals surface area contributed by atoms with Crippen LogP contribution in [0.4, 0.5) is 0 Å². The highest BCUT2D eigenvalue weighted by Crippen LogP contribution is 2.19. The van der Waals surface area contributed by atoms with Crippen molar-refractivity contribution < 1.29 is 4.79 Å². The van der Waals surface area contributed by atoms with Gasteiger partial charge in [0.2, 0.25) is 11.2 Å². The summed E-state index contributed by atoms with van der Waals surface area (Å²) in [7, 11) is 0. The van der Waals surface area contributed by atoms with Crippen LogP contribution in [0, 0.1) is 0 Å². The van der Waals surface area contributed by atoms with Crippen LogP contribution in [0.2, 0.25) is 5.28 Å². The van der Waals surface area contributed by atoms with E-state index < -0.39 is 0 Å². The molecule has 2 rings (SSSR count). The molecular weight excluding hydrogens is 300 g/mol. The topological polar surface area (TPSA) is 96.5 Å². The Labute approximate surface area is 125 Å². The molecule has 2 aromatic heterocycles. The van der Waals surface area contributed by atoms with Gasteiger partial charge in [0.25, 0.3) is 0 Å². The second-order valence-corrected chi connectivity index (χ2v) is 5.74. The molecule has 2 N–H and O–H groups in total. The minimum absolute atomic E-state index is 0.0550. The quantitative estimate of drug-likeness (QED) is 0.845. The lowest BCUT2D eigenvalue weighted by Crippen LogP contribution is -2.23. The Morgan fingerprint density at radius 3 is 2.95 bits per heavy atom. The van der Waals surface area contributed by atoms with Crippen molar-refractivity contribution in [2.45, 2.75) is 39.2 Å². The van der Waals surface area contributed by atoms with E-state index in [9.17, 15) is 4.79 Å². The summed E-state index contributed by atoms with van der Waals surface area (Å²) in [5.41, 5.74) is 0.942. The molecule has 0 saturated heterocycles. The number of aromatic nitrogens is 5. The highest BCUT2D eigenvalue weighted by Gasteiger charge is 2.12. The second-order valence-electron chi connectivity index (χ2n) is 4.56. The van der Waals surface area contributed by atoms with Crippen LogP contribution in [0.1, 0.15) is 42.6 Å². The molecule has 0 aliphatic carbocycles. The van der Waals surface area contributed by atoms with Crippen molar-refractivity contribution in [3.8, 4) is 0 Å². The number of hydrogen-bond acceptors (Lipinski definition) is 6. The van der Waals surface area contributed by atoms with Gasteiger partial charge in [0, 0.05) is 12.8 Å². The smallest absolute Gasteiger partial charge is 0.242 e. The van der Waals surface area contributed by atoms with E-state index in [0.29, 0.717) is 31.1 Å². The first-order valence-electron chi connectivity index (χ1n) is 6.21. The SMILES string of the molecule is CC(C)c1nnsc1CNC(=O)CCc1nc(Cl)n[nH]1. The second kappa shape index (κ2) is 6.76. The van der Waals surface area contributed by atoms with Crippen LogP contribution in [0.3, 0.4) is 0 Å². The molecule has 0 aliphatic heterocycles. The Hall–Kier alpha value is -1.54. The molecule has 1 amide bonds. The summed E-state index contributed by atoms with van der Waals surface area (Å²) in [4.78, 5) is 16.7. The van der Waals surface area contributed by atoms with Crippen molar-refractivity contribution in [2.75, 3.05) is 0 Å². The Bertz CT molecular complexity index is 581. The molecule has 9 heteroatoms. The number of halogens is 1. The van der Waals surface area contributed by atoms with Crippen LogP contribution < -0.4 is 5.32 Å². The number of amides is 1. The van der Waals surface area contributed by atoms with Crippen LogP contribution in [-0.4, -0.2) is 30.7 Å². The summed E-state index contributed by atoms with van der Waals surface area (Å²) in [6, 6.07) is 0. The van der Waals surface area contributed by atoms with Gasteiger partial charge in [0.15, 0.2) is 0 Å². The number of aromatic amines is 1. The predicted octanol–water partition coefficient (Wildman–Crippen LogP) is 1.68. The Kier molecular flexibility index (Phi) is 5.02. The molecule has 20 heavy (non-hydrogen) atoms. The molecular formula is C11H15ClN6OS. The van der Waals surface area contributed by atoms with E-state index in [-0.39, 0.29) is 11.2 Å². The number of nitrogens with one attached hydrogen (secondary N) is 2. The van der Waals surface area contributed by atoms with E-state index in [1.165, 1.54) is 11.5 Å². The number of nitrogens with zero attached hydrogens (tertiary/aromatic N) is 4. The molecule has 0 radical (unpaired) electrons. The molecule has 0 spiro atoms. The Morgan fingerprint density at radius 1 is 1.50 bits per heavy atom. The summed E-state index contributed by atoms with van der Waals surface area (Å²) in [6.07, 6.45) is 0.804. The number of H-pyrrole nitrogens is 1. The van der Waals surface area contributed by atoms with Gasteiger partial charge in [-0.15, -0.1) is 10.2 Å². The van der Waals surface area contributed by atoms with Crippen molar-refractivity contribution in [1.82, 2.24) is 30.1 Å². The van der Waals surface area contributed by atoms with E-state index in [4.69, 9.17) is 11.6 Å². The van der Waals surface area contributed by atoms with Gasteiger partial charge in [-0.1, -0.05) is 18.3 Å². The fraction of sp³-hybridized carbons (Fsp3) is 0.545. The van der Waals surface area contributed by atoms with Crippen molar-refractivity contribution in [3.05, 3.63) is 21.7 Å². The number of carbonyl (C=O) groups is 1. The van der Waals surface area contributed by atoms with Crippen LogP contribution in [-0.2, 0) is 17.8 Å². The maximum absolute atomic E-state index is 11.8. The Morgan fingerprint density at radius 2 is 2.30 bits per heavy atom. The monoisotopic (exact) mass is 314 g/mol. The van der Waals surface area contributed by atoms with Gasteiger partial charge >= 0.3 is 0 Å². The average molecular weight is 315 g/mol. The minimum atomic E-state index is -0.0550. The molecule has 7 nitrogen and oxygen atoms in total. The first-order valence-corrected chi connectivity index (χ1v) is 7.36. The van der Waals surface area contributed by atoms with E-state index in [2.05, 4.69) is 43.9 Å². The molecule has 0 unspecified atom stereocenters. The van der Waals surface area contributed by atoms with Crippen molar-refractivity contribution >= 4 is 29.0 Å². The Balaban J connectivity index is 1.79. The lowest BCUT2D eigenvalue weighted by Gasteiger charge is -2.05. The number of aryl methyl sites for hydroxylation is 1. The van der Waals surface area contributed by atoms with Gasteiger partial charge in [0.1, 0.15) is 5.82 Å². The van der Waals surface area contributed by atoms with E-state index in [0.717, 1.165) is 10.6 Å². The van der Waals surface area contributed by atoms with Crippen LogP contribution >= 0.6 is 23.1 Å². The third kappa shape index (κ3) is 3.97. The summed E-state index contributed by atoms with van der Waals surface area (Å²) >= 11 is 6.90. The molecule has 0 saturated carbocycles. The predicted molar refractivity (Wildman–Crippen MR) is 75.6 cm³/mol. The average Bonchev–Trinajstić information content (AvgIpc) is 3.02. The van der Waals surface area contributed by atoms with Crippen molar-refractivity contribution in [3.63, 3.8) is 0 Å². The number of rotatable bonds is 6. The summed E-state index contributed by atoms with van der Waals surface area (Å²) in [5.74, 6) is 0.852. The van der Waals surface area contributed by atoms with Crippen LogP contribution in [0.5, 0.6) is 0 Å². The van der Waals surface area contributed by atoms with Crippen molar-refractivity contribution in [1.29, 1.82) is 0 Å². The zero-order valence-electron chi connectivity index (χ0n) is 11.2. The van der Waals surface area contributed by atoms with Gasteiger partial charge < -0.3 is 5.32 Å². The number of hydrogen-bond donors (Lipinski definition) is 2. The molecule has 2 heterocycles. The van der Waals surface area contributed by atoms with E-state index >= 15 is 0 Å². The largest absolute Gasteiger partial charge is 0.351 e. The third-order valence-corrected chi connectivity index (χ3v) is 3.58. The maximum atomic E-state index is 11.8. The molecule has 0 aromatic carbocycles. The van der Waals surface area contributed by atoms with E-state index in [1.807, 2.05) is 0 Å². The highest BCUT2D eigenvalue weighted by atomic mass is 35.5. The normalized spacial score (nSPS) is 11.0. The van der Waals surface area contributed by atoms with Gasteiger partial charge in [-0.25, -0.2) is 4.98 Å². The molecule has 0 aliphatic rings. The molecule has 2 aromatic rings. The van der Waals surface area contributed by atoms with Crippen molar-refractivity contribution in [2.24, 2.45) is 0 Å². The summed E-state index contributed by atoms with van der Waals surface area (Å²) in [5, 5.41) is 13.4. The van der Waals surface area contributed by atoms with Gasteiger partial charge in [0.05, 0.1) is 17.1 Å². The first-order chi connectivity index (χ1) is 9.56. The minimum Gasteiger partial charge on any atom is -0.351 e. The molecule has 0 bridgehead atoms. The molecule has 0 fully saturated rings. The fourth-order valence-corrected chi connectivity index (χ4v) is 2.54. The molecule has 108 valence electrons. The van der Waals surface area contributed by atoms with E-state index in [1.54, 1.807) is 0 Å². The first kappa shape index (κ1) is 14.9. The van der Waals surface area contributed by atoms with Gasteiger partial charge in [-0.2, -0.15) is 0 Å². The standard InChI is InChI=1S/C11H15ClN6OS/c1-6(2)10-7(20-18-16-10)5-13-9(19)4-3-8-14-11(12)17-15-8/h6H,3-5H2,1-2H3,(H,13,19)(H,14,15,17). The fourth-order valence-electron chi connectivity index (χ4n) is 1.66. The zero-order chi connectivity index (χ0) is 14.5. The van der Waals surface area contributed by atoms with Crippen LogP contribution in [0.15, 0.2) is 0 Å². The lowest BCUT2D eigenvalue weighted by molar-refractivity contribution is -0.121. The maximum Gasteiger partial charge on any atom is 0.242 e. The molecule has 0 atom stereocenters. The third-order valence-electron chi connectivity index (χ3n) is 2.67. The zero-order valence-corrected chi connectivity index (χ0v) is 12.8.